The van der Waals surface area contributed by atoms with E-state index in [0.29, 0.717) is 72.0 Å². The molecule has 12 nitrogen and oxygen atoms in total. The molecular weight excluding hydrogens is 620 g/mol. The zero-order valence-corrected chi connectivity index (χ0v) is 30.4. The Labute approximate surface area is 290 Å². The van der Waals surface area contributed by atoms with E-state index in [1.165, 1.54) is 64.2 Å². The number of ether oxygens (including phenoxy) is 5. The van der Waals surface area contributed by atoms with Crippen molar-refractivity contribution in [2.75, 3.05) is 65.9 Å². The number of aliphatic carboxylic acids is 1. The largest absolute Gasteiger partial charge is 0.480 e. The number of rotatable bonds is 35. The summed E-state index contributed by atoms with van der Waals surface area (Å²) in [5, 5.41) is 14.0. The number of amides is 2. The Morgan fingerprint density at radius 1 is 0.479 bits per heavy atom. The van der Waals surface area contributed by atoms with Crippen LogP contribution in [-0.2, 0) is 42.9 Å². The summed E-state index contributed by atoms with van der Waals surface area (Å²) in [5.41, 5.74) is -0.382. The van der Waals surface area contributed by atoms with E-state index < -0.39 is 12.6 Å². The van der Waals surface area contributed by atoms with Gasteiger partial charge in [0.15, 0.2) is 0 Å². The molecule has 0 fully saturated rings. The summed E-state index contributed by atoms with van der Waals surface area (Å²) >= 11 is 0. The third kappa shape index (κ3) is 38.2. The van der Waals surface area contributed by atoms with Crippen molar-refractivity contribution < 1.29 is 48.0 Å². The minimum Gasteiger partial charge on any atom is -0.480 e. The highest BCUT2D eigenvalue weighted by Gasteiger charge is 2.15. The molecule has 2 amide bonds. The number of hydrogen-bond donors (Lipinski definition) is 3. The van der Waals surface area contributed by atoms with Crippen LogP contribution in [0.15, 0.2) is 0 Å². The van der Waals surface area contributed by atoms with Crippen molar-refractivity contribution in [1.82, 2.24) is 10.6 Å². The average Bonchev–Trinajstić information content (AvgIpc) is 3.01. The van der Waals surface area contributed by atoms with Gasteiger partial charge in [-0.2, -0.15) is 0 Å². The summed E-state index contributed by atoms with van der Waals surface area (Å²) in [6.07, 6.45) is 19.4. The van der Waals surface area contributed by atoms with Crippen LogP contribution in [0.5, 0.6) is 0 Å². The first kappa shape index (κ1) is 45.7. The van der Waals surface area contributed by atoms with Gasteiger partial charge in [0.05, 0.1) is 26.4 Å². The molecule has 12 heteroatoms. The minimum atomic E-state index is -1.11. The Hall–Kier alpha value is -2.28. The van der Waals surface area contributed by atoms with Gasteiger partial charge in [0.25, 0.3) is 0 Å². The SMILES string of the molecule is CC(C)(C)OC(=O)CCCCCCCCCCCCCCCCC(=O)NCCCOCCOCCOCCCNC(=O)COCC(=O)O. The minimum absolute atomic E-state index is 0.0786. The first-order valence-corrected chi connectivity index (χ1v) is 18.4. The zero-order valence-electron chi connectivity index (χ0n) is 30.4. The van der Waals surface area contributed by atoms with E-state index in [9.17, 15) is 19.2 Å². The third-order valence-electron chi connectivity index (χ3n) is 7.23. The van der Waals surface area contributed by atoms with Crippen LogP contribution in [0.1, 0.15) is 136 Å². The summed E-state index contributed by atoms with van der Waals surface area (Å²) < 4.78 is 26.5. The predicted octanol–water partition coefficient (Wildman–Crippen LogP) is 5.73. The maximum Gasteiger partial charge on any atom is 0.329 e. The van der Waals surface area contributed by atoms with Gasteiger partial charge in [-0.05, 0) is 46.5 Å². The Bertz CT molecular complexity index is 804. The standard InChI is InChI=1S/C36H68N2O10/c1-36(2,3)48-35(43)21-17-15-13-11-9-7-5-4-6-8-10-12-14-16-20-32(39)37-22-18-24-44-26-28-46-29-27-45-25-19-23-38-33(40)30-47-31-34(41)42/h4-31H2,1-3H3,(H,37,39)(H,38,40)(H,41,42). The van der Waals surface area contributed by atoms with Gasteiger partial charge in [0, 0.05) is 39.1 Å². The Morgan fingerprint density at radius 2 is 0.875 bits per heavy atom. The highest BCUT2D eigenvalue weighted by molar-refractivity contribution is 5.77. The van der Waals surface area contributed by atoms with E-state index in [-0.39, 0.29) is 30.0 Å². The quantitative estimate of drug-likeness (QED) is 0.0554. The summed E-state index contributed by atoms with van der Waals surface area (Å²) in [6.45, 7) is 8.94. The molecule has 282 valence electrons. The van der Waals surface area contributed by atoms with E-state index >= 15 is 0 Å². The zero-order chi connectivity index (χ0) is 35.6. The Kier molecular flexibility index (Phi) is 31.6. The fourth-order valence-corrected chi connectivity index (χ4v) is 4.79. The van der Waals surface area contributed by atoms with E-state index in [1.54, 1.807) is 0 Å². The number of carboxylic acids is 1. The maximum absolute atomic E-state index is 12.0. The molecule has 0 saturated carbocycles. The van der Waals surface area contributed by atoms with Gasteiger partial charge in [0.2, 0.25) is 11.8 Å². The summed E-state index contributed by atoms with van der Waals surface area (Å²) in [7, 11) is 0. The number of unbranched alkanes of at least 4 members (excludes halogenated alkanes) is 13. The fraction of sp³-hybridized carbons (Fsp3) is 0.889. The van der Waals surface area contributed by atoms with Crippen LogP contribution in [0.3, 0.4) is 0 Å². The van der Waals surface area contributed by atoms with Crippen molar-refractivity contribution in [2.45, 2.75) is 142 Å². The van der Waals surface area contributed by atoms with Crippen molar-refractivity contribution in [3.8, 4) is 0 Å². The fourth-order valence-electron chi connectivity index (χ4n) is 4.79. The van der Waals surface area contributed by atoms with E-state index in [0.717, 1.165) is 32.1 Å². The lowest BCUT2D eigenvalue weighted by atomic mass is 10.0. The molecule has 0 aromatic carbocycles. The van der Waals surface area contributed by atoms with Crippen LogP contribution in [-0.4, -0.2) is 100 Å². The molecular formula is C36H68N2O10. The Balaban J connectivity index is 3.25. The van der Waals surface area contributed by atoms with Crippen LogP contribution in [0.4, 0.5) is 0 Å². The second kappa shape index (κ2) is 33.2. The van der Waals surface area contributed by atoms with Crippen molar-refractivity contribution in [3.05, 3.63) is 0 Å². The third-order valence-corrected chi connectivity index (χ3v) is 7.23. The van der Waals surface area contributed by atoms with Crippen molar-refractivity contribution in [2.24, 2.45) is 0 Å². The molecule has 0 aromatic heterocycles. The van der Waals surface area contributed by atoms with Crippen molar-refractivity contribution in [1.29, 1.82) is 0 Å². The van der Waals surface area contributed by atoms with Gasteiger partial charge in [-0.3, -0.25) is 14.4 Å². The van der Waals surface area contributed by atoms with E-state index in [1.807, 2.05) is 20.8 Å². The summed E-state index contributed by atoms with van der Waals surface area (Å²) in [6, 6.07) is 0. The van der Waals surface area contributed by atoms with Crippen LogP contribution >= 0.6 is 0 Å². The summed E-state index contributed by atoms with van der Waals surface area (Å²) in [5.74, 6) is -1.43. The molecule has 0 spiro atoms. The van der Waals surface area contributed by atoms with E-state index in [2.05, 4.69) is 10.6 Å². The number of hydrogen-bond acceptors (Lipinski definition) is 9. The van der Waals surface area contributed by atoms with Gasteiger partial charge in [0.1, 0.15) is 18.8 Å². The number of esters is 1. The molecule has 0 heterocycles. The van der Waals surface area contributed by atoms with Crippen molar-refractivity contribution in [3.63, 3.8) is 0 Å². The molecule has 0 aliphatic heterocycles. The average molecular weight is 689 g/mol. The van der Waals surface area contributed by atoms with Crippen LogP contribution in [0, 0.1) is 0 Å². The second-order valence-corrected chi connectivity index (χ2v) is 13.2. The molecule has 0 unspecified atom stereocenters. The highest BCUT2D eigenvalue weighted by atomic mass is 16.6. The van der Waals surface area contributed by atoms with Gasteiger partial charge in [-0.1, -0.05) is 77.0 Å². The molecule has 0 aliphatic rings. The maximum atomic E-state index is 12.0. The number of nitrogens with one attached hydrogen (secondary N) is 2. The molecule has 0 bridgehead atoms. The smallest absolute Gasteiger partial charge is 0.329 e. The van der Waals surface area contributed by atoms with Crippen LogP contribution in [0.2, 0.25) is 0 Å². The van der Waals surface area contributed by atoms with E-state index in [4.69, 9.17) is 28.8 Å². The number of carboxylic acid groups (broad SMARTS) is 1. The lowest BCUT2D eigenvalue weighted by molar-refractivity contribution is -0.155. The van der Waals surface area contributed by atoms with Crippen LogP contribution < -0.4 is 10.6 Å². The molecule has 0 rings (SSSR count). The number of carbonyl (C=O) groups is 4. The predicted molar refractivity (Wildman–Crippen MR) is 186 cm³/mol. The molecule has 0 saturated heterocycles. The van der Waals surface area contributed by atoms with Crippen molar-refractivity contribution >= 4 is 23.8 Å². The lowest BCUT2D eigenvalue weighted by Crippen LogP contribution is -2.30. The number of carbonyl (C=O) groups excluding carboxylic acids is 3. The summed E-state index contributed by atoms with van der Waals surface area (Å²) in [4.78, 5) is 45.4. The molecule has 0 aromatic rings. The highest BCUT2D eigenvalue weighted by Crippen LogP contribution is 2.15. The Morgan fingerprint density at radius 3 is 1.31 bits per heavy atom. The molecule has 48 heavy (non-hydrogen) atoms. The molecule has 3 N–H and O–H groups in total. The van der Waals surface area contributed by atoms with Gasteiger partial charge < -0.3 is 39.4 Å². The monoisotopic (exact) mass is 688 g/mol. The lowest BCUT2D eigenvalue weighted by Gasteiger charge is -2.19. The van der Waals surface area contributed by atoms with Gasteiger partial charge in [-0.15, -0.1) is 0 Å². The second-order valence-electron chi connectivity index (χ2n) is 13.2. The first-order valence-electron chi connectivity index (χ1n) is 18.4. The topological polar surface area (TPSA) is 159 Å². The molecule has 0 aliphatic carbocycles. The van der Waals surface area contributed by atoms with Gasteiger partial charge >= 0.3 is 11.9 Å². The first-order chi connectivity index (χ1) is 23.1. The van der Waals surface area contributed by atoms with Gasteiger partial charge in [-0.25, -0.2) is 4.79 Å². The molecule has 0 radical (unpaired) electrons. The molecule has 0 atom stereocenters. The van der Waals surface area contributed by atoms with Crippen LogP contribution in [0.25, 0.3) is 0 Å². The normalized spacial score (nSPS) is 11.4.